The quantitative estimate of drug-likeness (QED) is 0.196. The number of halogens is 1. The number of terminal acetylenes is 1. The van der Waals surface area contributed by atoms with Gasteiger partial charge in [-0.25, -0.2) is 4.68 Å². The lowest BCUT2D eigenvalue weighted by molar-refractivity contribution is -0.0375. The van der Waals surface area contributed by atoms with Crippen molar-refractivity contribution in [2.45, 2.75) is 44.8 Å². The first-order valence-electron chi connectivity index (χ1n) is 13.6. The second kappa shape index (κ2) is 10.8. The summed E-state index contributed by atoms with van der Waals surface area (Å²) in [5.74, 6) is 2.57. The third kappa shape index (κ3) is 4.71. The van der Waals surface area contributed by atoms with Crippen LogP contribution in [0.15, 0.2) is 78.9 Å². The summed E-state index contributed by atoms with van der Waals surface area (Å²) in [4.78, 5) is 0. The van der Waals surface area contributed by atoms with E-state index in [1.54, 1.807) is 10.8 Å². The van der Waals surface area contributed by atoms with Crippen LogP contribution in [0.2, 0.25) is 0 Å². The SMILES string of the molecule is C#C/C=C/c1ccc(/C(=C(\c2ccccc2)C2CCC2)c2ccc3c(c2)c(F)nn3C2CCCCO2)cc1. The molecule has 1 aliphatic heterocycles. The zero-order valence-electron chi connectivity index (χ0n) is 21.4. The van der Waals surface area contributed by atoms with Gasteiger partial charge in [0.15, 0.2) is 6.23 Å². The van der Waals surface area contributed by atoms with E-state index >= 15 is 4.39 Å². The van der Waals surface area contributed by atoms with Gasteiger partial charge in [-0.1, -0.05) is 73.0 Å². The molecule has 0 N–H and O–H groups in total. The molecule has 1 saturated heterocycles. The Labute approximate surface area is 223 Å². The standard InChI is InChI=1S/C34H31FN2O/c1-2-3-10-24-16-18-27(19-17-24)33(32(26-13-9-14-26)25-11-5-4-6-12-25)28-20-21-30-29(23-28)34(35)36-37(30)31-15-7-8-22-38-31/h1,3-6,10-12,16-21,23,26,31H,7-9,13-15,22H2/b10-3+,33-32-. The Hall–Kier alpha value is -3.94. The lowest BCUT2D eigenvalue weighted by Gasteiger charge is -2.31. The Morgan fingerprint density at radius 3 is 2.39 bits per heavy atom. The lowest BCUT2D eigenvalue weighted by atomic mass is 9.73. The van der Waals surface area contributed by atoms with Crippen LogP contribution in [0, 0.1) is 24.2 Å². The lowest BCUT2D eigenvalue weighted by Crippen LogP contribution is -2.19. The molecule has 0 bridgehead atoms. The Morgan fingerprint density at radius 1 is 0.921 bits per heavy atom. The predicted molar refractivity (Wildman–Crippen MR) is 153 cm³/mol. The monoisotopic (exact) mass is 502 g/mol. The molecule has 4 aromatic rings. The van der Waals surface area contributed by atoms with E-state index in [1.807, 2.05) is 18.2 Å². The highest BCUT2D eigenvalue weighted by Gasteiger charge is 2.28. The summed E-state index contributed by atoms with van der Waals surface area (Å²) in [6.07, 6.45) is 15.3. The molecule has 38 heavy (non-hydrogen) atoms. The van der Waals surface area contributed by atoms with Crippen LogP contribution in [0.1, 0.15) is 67.0 Å². The molecule has 0 amide bonds. The fourth-order valence-corrected chi connectivity index (χ4v) is 5.68. The van der Waals surface area contributed by atoms with Gasteiger partial charge in [-0.05, 0) is 95.7 Å². The van der Waals surface area contributed by atoms with Crippen molar-refractivity contribution in [1.82, 2.24) is 9.78 Å². The largest absolute Gasteiger partial charge is 0.356 e. The summed E-state index contributed by atoms with van der Waals surface area (Å²) >= 11 is 0. The Kier molecular flexibility index (Phi) is 6.94. The molecule has 0 spiro atoms. The van der Waals surface area contributed by atoms with Crippen LogP contribution in [0.4, 0.5) is 4.39 Å². The van der Waals surface area contributed by atoms with E-state index in [9.17, 15) is 0 Å². The minimum absolute atomic E-state index is 0.213. The average molecular weight is 503 g/mol. The zero-order valence-corrected chi connectivity index (χ0v) is 21.4. The maximum Gasteiger partial charge on any atom is 0.240 e. The van der Waals surface area contributed by atoms with Crippen molar-refractivity contribution in [2.75, 3.05) is 6.61 Å². The molecule has 190 valence electrons. The van der Waals surface area contributed by atoms with Gasteiger partial charge in [-0.2, -0.15) is 4.39 Å². The Morgan fingerprint density at radius 2 is 1.71 bits per heavy atom. The summed E-state index contributed by atoms with van der Waals surface area (Å²) in [5, 5.41) is 4.81. The van der Waals surface area contributed by atoms with Gasteiger partial charge < -0.3 is 4.74 Å². The number of hydrogen-bond acceptors (Lipinski definition) is 2. The van der Waals surface area contributed by atoms with E-state index < -0.39 is 5.95 Å². The highest BCUT2D eigenvalue weighted by Crippen LogP contribution is 2.45. The van der Waals surface area contributed by atoms with Gasteiger partial charge in [0.2, 0.25) is 5.95 Å². The van der Waals surface area contributed by atoms with Crippen LogP contribution < -0.4 is 0 Å². The number of ether oxygens (including phenoxy) is 1. The maximum atomic E-state index is 15.3. The van der Waals surface area contributed by atoms with Crippen LogP contribution in [-0.2, 0) is 4.74 Å². The minimum atomic E-state index is -0.449. The van der Waals surface area contributed by atoms with Gasteiger partial charge >= 0.3 is 0 Å². The van der Waals surface area contributed by atoms with E-state index in [1.165, 1.54) is 17.6 Å². The smallest absolute Gasteiger partial charge is 0.240 e. The third-order valence-electron chi connectivity index (χ3n) is 7.82. The zero-order chi connectivity index (χ0) is 25.9. The maximum absolute atomic E-state index is 15.3. The van der Waals surface area contributed by atoms with Crippen molar-refractivity contribution in [3.63, 3.8) is 0 Å². The number of benzene rings is 3. The first kappa shape index (κ1) is 24.4. The number of allylic oxidation sites excluding steroid dienone is 2. The summed E-state index contributed by atoms with van der Waals surface area (Å²) in [7, 11) is 0. The molecule has 1 atom stereocenters. The second-order valence-electron chi connectivity index (χ2n) is 10.2. The average Bonchev–Trinajstić information content (AvgIpc) is 3.28. The number of hydrogen-bond donors (Lipinski definition) is 0. The molecule has 2 fully saturated rings. The molecular weight excluding hydrogens is 471 g/mol. The number of fused-ring (bicyclic) bond motifs is 1. The van der Waals surface area contributed by atoms with E-state index in [0.29, 0.717) is 17.9 Å². The summed E-state index contributed by atoms with van der Waals surface area (Å²) in [6.45, 7) is 0.687. The van der Waals surface area contributed by atoms with E-state index in [-0.39, 0.29) is 6.23 Å². The normalized spacial score (nSPS) is 18.8. The van der Waals surface area contributed by atoms with Crippen molar-refractivity contribution in [1.29, 1.82) is 0 Å². The van der Waals surface area contributed by atoms with Crippen LogP contribution in [-0.4, -0.2) is 16.4 Å². The molecule has 4 heteroatoms. The fraction of sp³-hybridized carbons (Fsp3) is 0.265. The molecule has 1 aromatic heterocycles. The van der Waals surface area contributed by atoms with Crippen molar-refractivity contribution in [3.8, 4) is 12.3 Å². The predicted octanol–water partition coefficient (Wildman–Crippen LogP) is 8.28. The molecule has 0 radical (unpaired) electrons. The van der Waals surface area contributed by atoms with Crippen LogP contribution in [0.5, 0.6) is 0 Å². The topological polar surface area (TPSA) is 27.1 Å². The van der Waals surface area contributed by atoms with Gasteiger partial charge in [0, 0.05) is 6.61 Å². The number of aromatic nitrogens is 2. The molecule has 2 aliphatic rings. The second-order valence-corrected chi connectivity index (χ2v) is 10.2. The van der Waals surface area contributed by atoms with Gasteiger partial charge in [-0.15, -0.1) is 11.5 Å². The highest BCUT2D eigenvalue weighted by atomic mass is 19.1. The van der Waals surface area contributed by atoms with Crippen molar-refractivity contribution in [2.24, 2.45) is 5.92 Å². The third-order valence-corrected chi connectivity index (χ3v) is 7.82. The van der Waals surface area contributed by atoms with Gasteiger partial charge in [0.05, 0.1) is 10.9 Å². The van der Waals surface area contributed by atoms with Crippen LogP contribution >= 0.6 is 0 Å². The van der Waals surface area contributed by atoms with Crippen molar-refractivity contribution < 1.29 is 9.13 Å². The minimum Gasteiger partial charge on any atom is -0.356 e. The van der Waals surface area contributed by atoms with Gasteiger partial charge in [-0.3, -0.25) is 0 Å². The fourth-order valence-electron chi connectivity index (χ4n) is 5.68. The van der Waals surface area contributed by atoms with E-state index in [0.717, 1.165) is 59.9 Å². The number of nitrogens with zero attached hydrogens (tertiary/aromatic N) is 2. The molecule has 1 saturated carbocycles. The van der Waals surface area contributed by atoms with Crippen molar-refractivity contribution in [3.05, 3.63) is 107 Å². The van der Waals surface area contributed by atoms with Crippen LogP contribution in [0.25, 0.3) is 28.1 Å². The molecule has 1 unspecified atom stereocenters. The van der Waals surface area contributed by atoms with E-state index in [4.69, 9.17) is 11.2 Å². The molecule has 3 aromatic carbocycles. The van der Waals surface area contributed by atoms with Crippen molar-refractivity contribution >= 4 is 28.1 Å². The Balaban J connectivity index is 1.53. The summed E-state index contributed by atoms with van der Waals surface area (Å²) < 4.78 is 23.0. The molecule has 2 heterocycles. The van der Waals surface area contributed by atoms with Gasteiger partial charge in [0.1, 0.15) is 0 Å². The van der Waals surface area contributed by atoms with E-state index in [2.05, 4.69) is 71.7 Å². The highest BCUT2D eigenvalue weighted by molar-refractivity contribution is 6.01. The Bertz CT molecular complexity index is 1530. The summed E-state index contributed by atoms with van der Waals surface area (Å²) in [6, 6.07) is 25.2. The number of rotatable bonds is 6. The first-order valence-corrected chi connectivity index (χ1v) is 13.6. The summed E-state index contributed by atoms with van der Waals surface area (Å²) in [5.41, 5.74) is 7.62. The molecule has 6 rings (SSSR count). The van der Waals surface area contributed by atoms with Gasteiger partial charge in [0.25, 0.3) is 0 Å². The molecular formula is C34H31FN2O. The first-order chi connectivity index (χ1) is 18.7. The molecule has 1 aliphatic carbocycles. The van der Waals surface area contributed by atoms with Crippen LogP contribution in [0.3, 0.4) is 0 Å². The molecule has 3 nitrogen and oxygen atoms in total.